The van der Waals surface area contributed by atoms with Gasteiger partial charge < -0.3 is 10.6 Å². The molecule has 0 aromatic carbocycles. The van der Waals surface area contributed by atoms with Crippen molar-refractivity contribution in [1.29, 1.82) is 0 Å². The molecule has 0 radical (unpaired) electrons. The fraction of sp³-hybridized carbons (Fsp3) is 0.889. The number of nitrogens with zero attached hydrogens (tertiary/aromatic N) is 1. The fourth-order valence-electron chi connectivity index (χ4n) is 1.53. The summed E-state index contributed by atoms with van der Waals surface area (Å²) in [6.45, 7) is 3.07. The summed E-state index contributed by atoms with van der Waals surface area (Å²) in [5, 5.41) is 0. The second-order valence-corrected chi connectivity index (χ2v) is 5.83. The van der Waals surface area contributed by atoms with Gasteiger partial charge in [0.05, 0.1) is 4.99 Å². The molecule has 0 atom stereocenters. The molecule has 82 valence electrons. The van der Waals surface area contributed by atoms with Crippen molar-refractivity contribution in [1.82, 2.24) is 4.90 Å². The van der Waals surface area contributed by atoms with Crippen LogP contribution in [0.2, 0.25) is 0 Å². The maximum atomic E-state index is 11.1. The summed E-state index contributed by atoms with van der Waals surface area (Å²) >= 11 is 4.80. The summed E-state index contributed by atoms with van der Waals surface area (Å²) in [6.07, 6.45) is 3.08. The smallest absolute Gasteiger partial charge is 0.0727 e. The van der Waals surface area contributed by atoms with Crippen molar-refractivity contribution in [2.45, 2.75) is 19.3 Å². The summed E-state index contributed by atoms with van der Waals surface area (Å²) in [5.74, 6) is 1.69. The number of unbranched alkanes of at least 4 members (excludes halogenated alkanes) is 1. The van der Waals surface area contributed by atoms with Crippen LogP contribution in [0.25, 0.3) is 0 Å². The molecule has 0 bridgehead atoms. The third-order valence-electron chi connectivity index (χ3n) is 2.42. The van der Waals surface area contributed by atoms with Gasteiger partial charge in [0.15, 0.2) is 0 Å². The summed E-state index contributed by atoms with van der Waals surface area (Å²) in [5.41, 5.74) is 5.41. The van der Waals surface area contributed by atoms with Crippen LogP contribution in [0.5, 0.6) is 0 Å². The van der Waals surface area contributed by atoms with E-state index in [1.165, 1.54) is 0 Å². The Kier molecular flexibility index (Phi) is 5.59. The Bertz CT molecular complexity index is 211. The summed E-state index contributed by atoms with van der Waals surface area (Å²) in [4.78, 5) is 2.99. The van der Waals surface area contributed by atoms with Crippen LogP contribution in [-0.4, -0.2) is 45.2 Å². The Morgan fingerprint density at radius 1 is 1.36 bits per heavy atom. The number of nitrogens with two attached hydrogens (primary N) is 1. The summed E-state index contributed by atoms with van der Waals surface area (Å²) in [6, 6.07) is 0. The van der Waals surface area contributed by atoms with Crippen molar-refractivity contribution >= 4 is 28.0 Å². The van der Waals surface area contributed by atoms with E-state index in [-0.39, 0.29) is 0 Å². The first-order chi connectivity index (χ1) is 6.68. The van der Waals surface area contributed by atoms with Crippen molar-refractivity contribution < 1.29 is 4.21 Å². The molecule has 1 aliphatic rings. The molecular weight excluding hydrogens is 216 g/mol. The molecule has 14 heavy (non-hydrogen) atoms. The van der Waals surface area contributed by atoms with Crippen molar-refractivity contribution in [3.63, 3.8) is 0 Å². The number of thiocarbonyl (C=S) groups is 1. The van der Waals surface area contributed by atoms with E-state index >= 15 is 0 Å². The van der Waals surface area contributed by atoms with Gasteiger partial charge in [-0.05, 0) is 25.8 Å². The van der Waals surface area contributed by atoms with Crippen molar-refractivity contribution in [2.24, 2.45) is 5.73 Å². The SMILES string of the molecule is NC(=S)CCCCN1CCS(=O)CC1. The van der Waals surface area contributed by atoms with Crippen molar-refractivity contribution in [3.05, 3.63) is 0 Å². The van der Waals surface area contributed by atoms with Crippen LogP contribution in [-0.2, 0) is 10.8 Å². The van der Waals surface area contributed by atoms with Gasteiger partial charge in [-0.1, -0.05) is 12.2 Å². The second kappa shape index (κ2) is 6.48. The highest BCUT2D eigenvalue weighted by Gasteiger charge is 2.13. The van der Waals surface area contributed by atoms with E-state index < -0.39 is 10.8 Å². The van der Waals surface area contributed by atoms with Crippen LogP contribution in [0.3, 0.4) is 0 Å². The summed E-state index contributed by atoms with van der Waals surface area (Å²) in [7, 11) is -0.558. The lowest BCUT2D eigenvalue weighted by Crippen LogP contribution is -2.38. The highest BCUT2D eigenvalue weighted by molar-refractivity contribution is 7.85. The third kappa shape index (κ3) is 5.02. The first-order valence-electron chi connectivity index (χ1n) is 5.04. The number of hydrogen-bond acceptors (Lipinski definition) is 3. The highest BCUT2D eigenvalue weighted by Crippen LogP contribution is 2.03. The van der Waals surface area contributed by atoms with E-state index in [0.717, 1.165) is 50.4 Å². The molecule has 1 saturated heterocycles. The predicted molar refractivity (Wildman–Crippen MR) is 65.0 cm³/mol. The molecule has 1 aliphatic heterocycles. The van der Waals surface area contributed by atoms with Crippen LogP contribution in [0.4, 0.5) is 0 Å². The molecule has 0 aliphatic carbocycles. The van der Waals surface area contributed by atoms with Gasteiger partial charge in [0, 0.05) is 35.4 Å². The molecule has 0 spiro atoms. The summed E-state index contributed by atoms with van der Waals surface area (Å²) < 4.78 is 11.1. The zero-order valence-electron chi connectivity index (χ0n) is 8.41. The van der Waals surface area contributed by atoms with Gasteiger partial charge in [-0.25, -0.2) is 0 Å². The molecule has 1 heterocycles. The Balaban J connectivity index is 2.02. The molecule has 0 aromatic rings. The molecule has 0 aromatic heterocycles. The molecule has 0 unspecified atom stereocenters. The third-order valence-corrected chi connectivity index (χ3v) is 3.90. The molecule has 1 rings (SSSR count). The monoisotopic (exact) mass is 234 g/mol. The van der Waals surface area contributed by atoms with E-state index in [1.54, 1.807) is 0 Å². The van der Waals surface area contributed by atoms with Gasteiger partial charge in [-0.2, -0.15) is 0 Å². The number of rotatable bonds is 5. The fourth-order valence-corrected chi connectivity index (χ4v) is 2.81. The molecular formula is C9H18N2OS2. The minimum Gasteiger partial charge on any atom is -0.393 e. The minimum atomic E-state index is -0.558. The highest BCUT2D eigenvalue weighted by atomic mass is 32.2. The van der Waals surface area contributed by atoms with E-state index in [4.69, 9.17) is 18.0 Å². The molecule has 0 amide bonds. The lowest BCUT2D eigenvalue weighted by Gasteiger charge is -2.25. The Hall–Kier alpha value is -0.0000000000000000555. The Morgan fingerprint density at radius 3 is 2.57 bits per heavy atom. The quantitative estimate of drug-likeness (QED) is 0.556. The van der Waals surface area contributed by atoms with Crippen molar-refractivity contribution in [3.8, 4) is 0 Å². The molecule has 5 heteroatoms. The molecule has 2 N–H and O–H groups in total. The predicted octanol–water partition coefficient (Wildman–Crippen LogP) is 0.507. The molecule has 3 nitrogen and oxygen atoms in total. The van der Waals surface area contributed by atoms with Gasteiger partial charge in [-0.3, -0.25) is 4.21 Å². The average molecular weight is 234 g/mol. The van der Waals surface area contributed by atoms with Gasteiger partial charge in [0.2, 0.25) is 0 Å². The van der Waals surface area contributed by atoms with E-state index in [9.17, 15) is 4.21 Å². The first kappa shape index (κ1) is 12.1. The number of hydrogen-bond donors (Lipinski definition) is 1. The minimum absolute atomic E-state index is 0.558. The Morgan fingerprint density at radius 2 is 2.00 bits per heavy atom. The molecule has 0 saturated carbocycles. The van der Waals surface area contributed by atoms with Crippen molar-refractivity contribution in [2.75, 3.05) is 31.1 Å². The van der Waals surface area contributed by atoms with Gasteiger partial charge in [0.25, 0.3) is 0 Å². The van der Waals surface area contributed by atoms with Crippen LogP contribution < -0.4 is 5.73 Å². The van der Waals surface area contributed by atoms with E-state index in [2.05, 4.69) is 4.90 Å². The average Bonchev–Trinajstić information content (AvgIpc) is 2.15. The van der Waals surface area contributed by atoms with Gasteiger partial charge in [-0.15, -0.1) is 0 Å². The molecule has 1 fully saturated rings. The van der Waals surface area contributed by atoms with Crippen LogP contribution in [0.15, 0.2) is 0 Å². The maximum absolute atomic E-state index is 11.1. The van der Waals surface area contributed by atoms with E-state index in [1.807, 2.05) is 0 Å². The first-order valence-corrected chi connectivity index (χ1v) is 6.94. The maximum Gasteiger partial charge on any atom is 0.0727 e. The Labute approximate surface area is 93.5 Å². The van der Waals surface area contributed by atoms with Gasteiger partial charge >= 0.3 is 0 Å². The normalized spacial score (nSPS) is 19.7. The lowest BCUT2D eigenvalue weighted by molar-refractivity contribution is 0.293. The van der Waals surface area contributed by atoms with Crippen LogP contribution in [0, 0.1) is 0 Å². The lowest BCUT2D eigenvalue weighted by atomic mass is 10.2. The standard InChI is InChI=1S/C9H18N2OS2/c10-9(13)3-1-2-4-11-5-7-14(12)8-6-11/h1-8H2,(H2,10,13). The van der Waals surface area contributed by atoms with Crippen LogP contribution in [0.1, 0.15) is 19.3 Å². The second-order valence-electron chi connectivity index (χ2n) is 3.61. The largest absolute Gasteiger partial charge is 0.393 e. The van der Waals surface area contributed by atoms with E-state index in [0.29, 0.717) is 4.99 Å². The van der Waals surface area contributed by atoms with Crippen LogP contribution >= 0.6 is 12.2 Å². The van der Waals surface area contributed by atoms with Gasteiger partial charge in [0.1, 0.15) is 0 Å². The topological polar surface area (TPSA) is 46.3 Å². The zero-order valence-corrected chi connectivity index (χ0v) is 10.0. The zero-order chi connectivity index (χ0) is 10.4.